The highest BCUT2D eigenvalue weighted by atomic mass is 79.9. The molecular formula is C18H17BrClF3N4O2. The average molecular weight is 494 g/mol. The minimum Gasteiger partial charge on any atom is -0.405 e. The maximum atomic E-state index is 12.5. The van der Waals surface area contributed by atoms with Crippen LogP contribution < -0.4 is 15.0 Å². The highest BCUT2D eigenvalue weighted by Gasteiger charge is 2.32. The molecule has 0 spiro atoms. The van der Waals surface area contributed by atoms with Crippen LogP contribution in [0.4, 0.5) is 24.7 Å². The number of anilines is 2. The third-order valence-corrected chi connectivity index (χ3v) is 5.26. The maximum absolute atomic E-state index is 12.5. The van der Waals surface area contributed by atoms with Crippen LogP contribution in [0.2, 0.25) is 5.02 Å². The van der Waals surface area contributed by atoms with Crippen molar-refractivity contribution in [1.29, 1.82) is 0 Å². The van der Waals surface area contributed by atoms with E-state index in [4.69, 9.17) is 11.6 Å². The van der Waals surface area contributed by atoms with Crippen molar-refractivity contribution in [3.8, 4) is 5.75 Å². The Morgan fingerprint density at radius 3 is 2.52 bits per heavy atom. The number of ether oxygens (including phenoxy) is 1. The van der Waals surface area contributed by atoms with E-state index < -0.39 is 18.0 Å². The summed E-state index contributed by atoms with van der Waals surface area (Å²) in [7, 11) is 2.06. The second-order valence-corrected chi connectivity index (χ2v) is 7.72. The Kier molecular flexibility index (Phi) is 6.55. The fourth-order valence-electron chi connectivity index (χ4n) is 2.79. The summed E-state index contributed by atoms with van der Waals surface area (Å²) in [5, 5.41) is 2.56. The molecule has 0 atom stereocenters. The monoisotopic (exact) mass is 492 g/mol. The zero-order valence-corrected chi connectivity index (χ0v) is 17.6. The van der Waals surface area contributed by atoms with Gasteiger partial charge in [-0.2, -0.15) is 0 Å². The van der Waals surface area contributed by atoms with Crippen LogP contribution >= 0.6 is 27.5 Å². The zero-order chi connectivity index (χ0) is 21.2. The van der Waals surface area contributed by atoms with E-state index in [9.17, 15) is 18.0 Å². The molecule has 156 valence electrons. The first-order chi connectivity index (χ1) is 13.6. The van der Waals surface area contributed by atoms with Crippen molar-refractivity contribution in [2.75, 3.05) is 43.4 Å². The Bertz CT molecular complexity index is 888. The highest BCUT2D eigenvalue weighted by Crippen LogP contribution is 2.35. The Balaban J connectivity index is 1.72. The number of halogens is 5. The number of carbonyl (C=O) groups is 1. The van der Waals surface area contributed by atoms with Gasteiger partial charge in [0.2, 0.25) is 0 Å². The van der Waals surface area contributed by atoms with E-state index in [0.717, 1.165) is 38.1 Å². The minimum absolute atomic E-state index is 0.0189. The standard InChI is InChI=1S/C18H17BrClF3N4O2/c1-26-4-6-27(7-5-26)16-3-2-11(10-24-16)25-17(28)12-8-15(29-18(21,22)23)13(19)9-14(12)20/h2-3,8-10H,4-7H2,1H3,(H,25,28). The normalized spacial score (nSPS) is 15.3. The summed E-state index contributed by atoms with van der Waals surface area (Å²) >= 11 is 8.96. The Morgan fingerprint density at radius 2 is 1.93 bits per heavy atom. The van der Waals surface area contributed by atoms with Gasteiger partial charge in [-0.1, -0.05) is 11.6 Å². The highest BCUT2D eigenvalue weighted by molar-refractivity contribution is 9.10. The van der Waals surface area contributed by atoms with Crippen LogP contribution in [0.1, 0.15) is 10.4 Å². The third-order valence-electron chi connectivity index (χ3n) is 4.32. The first-order valence-electron chi connectivity index (χ1n) is 8.58. The van der Waals surface area contributed by atoms with Crippen LogP contribution in [0.15, 0.2) is 34.9 Å². The van der Waals surface area contributed by atoms with Gasteiger partial charge in [-0.3, -0.25) is 4.79 Å². The van der Waals surface area contributed by atoms with Gasteiger partial charge in [0, 0.05) is 26.2 Å². The van der Waals surface area contributed by atoms with Crippen molar-refractivity contribution < 1.29 is 22.7 Å². The molecule has 1 aromatic heterocycles. The molecule has 1 aliphatic rings. The Labute approximate surface area is 178 Å². The fourth-order valence-corrected chi connectivity index (χ4v) is 3.59. The lowest BCUT2D eigenvalue weighted by Gasteiger charge is -2.33. The first kappa shape index (κ1) is 21.7. The number of pyridine rings is 1. The Hall–Kier alpha value is -2.04. The largest absolute Gasteiger partial charge is 0.573 e. The molecule has 0 aliphatic carbocycles. The predicted molar refractivity (Wildman–Crippen MR) is 108 cm³/mol. The van der Waals surface area contributed by atoms with E-state index >= 15 is 0 Å². The number of hydrogen-bond donors (Lipinski definition) is 1. The number of likely N-dealkylation sites (N-methyl/N-ethyl adjacent to an activating group) is 1. The predicted octanol–water partition coefficient (Wildman–Crippen LogP) is 4.40. The quantitative estimate of drug-likeness (QED) is 0.684. The summed E-state index contributed by atoms with van der Waals surface area (Å²) in [5.74, 6) is -0.446. The molecule has 2 heterocycles. The summed E-state index contributed by atoms with van der Waals surface area (Å²) in [6, 6.07) is 5.56. The number of hydrogen-bond acceptors (Lipinski definition) is 5. The number of benzene rings is 1. The van der Waals surface area contributed by atoms with Gasteiger partial charge < -0.3 is 19.9 Å². The summed E-state index contributed by atoms with van der Waals surface area (Å²) in [5.41, 5.74) is 0.238. The van der Waals surface area contributed by atoms with E-state index in [0.29, 0.717) is 5.69 Å². The van der Waals surface area contributed by atoms with Gasteiger partial charge in [0.05, 0.1) is 26.9 Å². The molecule has 0 unspecified atom stereocenters. The first-order valence-corrected chi connectivity index (χ1v) is 9.75. The number of piperazine rings is 1. The summed E-state index contributed by atoms with van der Waals surface area (Å²) in [6.07, 6.45) is -3.40. The van der Waals surface area contributed by atoms with E-state index in [1.807, 2.05) is 0 Å². The van der Waals surface area contributed by atoms with E-state index in [1.165, 1.54) is 12.3 Å². The molecule has 11 heteroatoms. The molecule has 0 bridgehead atoms. The minimum atomic E-state index is -4.90. The average Bonchev–Trinajstić information content (AvgIpc) is 2.64. The third kappa shape index (κ3) is 5.74. The van der Waals surface area contributed by atoms with Gasteiger partial charge in [-0.15, -0.1) is 13.2 Å². The summed E-state index contributed by atoms with van der Waals surface area (Å²) in [6.45, 7) is 3.58. The summed E-state index contributed by atoms with van der Waals surface area (Å²) in [4.78, 5) is 21.2. The lowest BCUT2D eigenvalue weighted by atomic mass is 10.2. The number of carbonyl (C=O) groups excluding carboxylic acids is 1. The van der Waals surface area contributed by atoms with E-state index in [1.54, 1.807) is 12.1 Å². The fraction of sp³-hybridized carbons (Fsp3) is 0.333. The zero-order valence-electron chi connectivity index (χ0n) is 15.3. The second-order valence-electron chi connectivity index (χ2n) is 6.46. The van der Waals surface area contributed by atoms with Crippen molar-refractivity contribution in [2.24, 2.45) is 0 Å². The molecule has 1 saturated heterocycles. The van der Waals surface area contributed by atoms with E-state index in [-0.39, 0.29) is 15.1 Å². The van der Waals surface area contributed by atoms with Crippen LogP contribution in [0.5, 0.6) is 5.75 Å². The molecule has 0 saturated carbocycles. The number of alkyl halides is 3. The smallest absolute Gasteiger partial charge is 0.405 e. The molecular weight excluding hydrogens is 477 g/mol. The maximum Gasteiger partial charge on any atom is 0.573 e. The van der Waals surface area contributed by atoms with Crippen LogP contribution in [0, 0.1) is 0 Å². The topological polar surface area (TPSA) is 57.7 Å². The number of amides is 1. The lowest BCUT2D eigenvalue weighted by molar-refractivity contribution is -0.274. The molecule has 29 heavy (non-hydrogen) atoms. The van der Waals surface area contributed by atoms with Gasteiger partial charge in [-0.05, 0) is 47.2 Å². The van der Waals surface area contributed by atoms with Crippen molar-refractivity contribution in [1.82, 2.24) is 9.88 Å². The molecule has 0 radical (unpaired) electrons. The van der Waals surface area contributed by atoms with Gasteiger partial charge >= 0.3 is 6.36 Å². The number of nitrogens with one attached hydrogen (secondary N) is 1. The molecule has 1 aromatic carbocycles. The van der Waals surface area contributed by atoms with Crippen LogP contribution in [0.25, 0.3) is 0 Å². The number of nitrogens with zero attached hydrogens (tertiary/aromatic N) is 3. The van der Waals surface area contributed by atoms with Gasteiger partial charge in [0.1, 0.15) is 11.6 Å². The van der Waals surface area contributed by atoms with Gasteiger partial charge in [0.25, 0.3) is 5.91 Å². The summed E-state index contributed by atoms with van der Waals surface area (Å²) < 4.78 is 41.5. The second kappa shape index (κ2) is 8.76. The number of aromatic nitrogens is 1. The van der Waals surface area contributed by atoms with Crippen LogP contribution in [-0.4, -0.2) is 55.4 Å². The molecule has 2 aromatic rings. The van der Waals surface area contributed by atoms with Crippen molar-refractivity contribution >= 4 is 44.9 Å². The van der Waals surface area contributed by atoms with Crippen LogP contribution in [-0.2, 0) is 0 Å². The van der Waals surface area contributed by atoms with Crippen molar-refractivity contribution in [3.63, 3.8) is 0 Å². The van der Waals surface area contributed by atoms with Gasteiger partial charge in [0.15, 0.2) is 0 Å². The van der Waals surface area contributed by atoms with E-state index in [2.05, 4.69) is 47.8 Å². The molecule has 3 rings (SSSR count). The molecule has 1 aliphatic heterocycles. The Morgan fingerprint density at radius 1 is 1.24 bits per heavy atom. The van der Waals surface area contributed by atoms with Crippen molar-refractivity contribution in [3.05, 3.63) is 45.5 Å². The SMILES string of the molecule is CN1CCN(c2ccc(NC(=O)c3cc(OC(F)(F)F)c(Br)cc3Cl)cn2)CC1. The molecule has 1 N–H and O–H groups in total. The number of rotatable bonds is 4. The molecule has 1 fully saturated rings. The van der Waals surface area contributed by atoms with Crippen LogP contribution in [0.3, 0.4) is 0 Å². The molecule has 1 amide bonds. The van der Waals surface area contributed by atoms with Gasteiger partial charge in [-0.25, -0.2) is 4.98 Å². The lowest BCUT2D eigenvalue weighted by Crippen LogP contribution is -2.44. The molecule has 6 nitrogen and oxygen atoms in total. The van der Waals surface area contributed by atoms with Crippen molar-refractivity contribution in [2.45, 2.75) is 6.36 Å².